The van der Waals surface area contributed by atoms with Crippen LogP contribution in [0, 0.1) is 5.92 Å². The molecule has 7 heteroatoms. The maximum atomic E-state index is 12.8. The van der Waals surface area contributed by atoms with Gasteiger partial charge in [-0.05, 0) is 49.5 Å². The van der Waals surface area contributed by atoms with Gasteiger partial charge in [0.15, 0.2) is 0 Å². The van der Waals surface area contributed by atoms with Crippen molar-refractivity contribution in [1.29, 1.82) is 0 Å². The average Bonchev–Trinajstić information content (AvgIpc) is 3.17. The molecule has 26 heavy (non-hydrogen) atoms. The lowest BCUT2D eigenvalue weighted by molar-refractivity contribution is -0.132. The third-order valence-corrected chi connectivity index (χ3v) is 6.62. The smallest absolute Gasteiger partial charge is 0.254 e. The van der Waals surface area contributed by atoms with Gasteiger partial charge in [-0.1, -0.05) is 0 Å². The summed E-state index contributed by atoms with van der Waals surface area (Å²) >= 11 is 1.55. The summed E-state index contributed by atoms with van der Waals surface area (Å²) in [7, 11) is 0. The highest BCUT2D eigenvalue weighted by molar-refractivity contribution is 7.08. The van der Waals surface area contributed by atoms with E-state index in [9.17, 15) is 9.59 Å². The second kappa shape index (κ2) is 8.72. The average molecular weight is 398 g/mol. The van der Waals surface area contributed by atoms with Crippen molar-refractivity contribution in [2.45, 2.75) is 50.6 Å². The molecule has 0 aromatic carbocycles. The highest BCUT2D eigenvalue weighted by Gasteiger charge is 2.35. The Bertz CT molecular complexity index is 612. The summed E-state index contributed by atoms with van der Waals surface area (Å²) in [6, 6.07) is 3.16. The van der Waals surface area contributed by atoms with Gasteiger partial charge in [0.05, 0.1) is 5.56 Å². The van der Waals surface area contributed by atoms with E-state index < -0.39 is 0 Å². The molecular formula is C19H28ClN3O2S. The molecule has 0 radical (unpaired) electrons. The van der Waals surface area contributed by atoms with Crippen LogP contribution in [0.25, 0.3) is 0 Å². The maximum absolute atomic E-state index is 12.8. The molecular weight excluding hydrogens is 370 g/mol. The number of thiophene rings is 1. The van der Waals surface area contributed by atoms with Crippen LogP contribution in [0.3, 0.4) is 0 Å². The van der Waals surface area contributed by atoms with Crippen molar-refractivity contribution in [1.82, 2.24) is 15.1 Å². The zero-order valence-electron chi connectivity index (χ0n) is 15.1. The number of nitrogens with zero attached hydrogens (tertiary/aromatic N) is 2. The minimum absolute atomic E-state index is 0. The Hall–Kier alpha value is -1.11. The van der Waals surface area contributed by atoms with E-state index >= 15 is 0 Å². The zero-order chi connectivity index (χ0) is 17.2. The fourth-order valence-electron chi connectivity index (χ4n) is 4.66. The Morgan fingerprint density at radius 1 is 1.08 bits per heavy atom. The lowest BCUT2D eigenvalue weighted by atomic mass is 9.89. The summed E-state index contributed by atoms with van der Waals surface area (Å²) in [6.07, 6.45) is 6.42. The fourth-order valence-corrected chi connectivity index (χ4v) is 5.29. The van der Waals surface area contributed by atoms with Crippen LogP contribution in [0.15, 0.2) is 16.8 Å². The Labute approximate surface area is 165 Å². The monoisotopic (exact) mass is 397 g/mol. The van der Waals surface area contributed by atoms with E-state index in [1.54, 1.807) is 11.3 Å². The van der Waals surface area contributed by atoms with Gasteiger partial charge >= 0.3 is 0 Å². The molecule has 2 amide bonds. The molecule has 2 atom stereocenters. The van der Waals surface area contributed by atoms with E-state index in [0.717, 1.165) is 37.9 Å². The van der Waals surface area contributed by atoms with Gasteiger partial charge < -0.3 is 15.1 Å². The maximum Gasteiger partial charge on any atom is 0.254 e. The first-order valence-corrected chi connectivity index (χ1v) is 10.5. The molecule has 3 aliphatic heterocycles. The van der Waals surface area contributed by atoms with Gasteiger partial charge in [-0.25, -0.2) is 0 Å². The number of nitrogens with one attached hydrogen (secondary N) is 1. The summed E-state index contributed by atoms with van der Waals surface area (Å²) in [6.45, 7) is 2.85. The molecule has 144 valence electrons. The molecule has 3 fully saturated rings. The normalized spacial score (nSPS) is 28.4. The largest absolute Gasteiger partial charge is 0.341 e. The van der Waals surface area contributed by atoms with Gasteiger partial charge in [-0.2, -0.15) is 11.3 Å². The number of rotatable bonds is 3. The molecule has 0 spiro atoms. The third-order valence-electron chi connectivity index (χ3n) is 5.94. The molecule has 2 unspecified atom stereocenters. The van der Waals surface area contributed by atoms with Crippen LogP contribution in [0.1, 0.15) is 48.9 Å². The summed E-state index contributed by atoms with van der Waals surface area (Å²) < 4.78 is 0. The quantitative estimate of drug-likeness (QED) is 0.853. The van der Waals surface area contributed by atoms with E-state index in [2.05, 4.69) is 5.32 Å². The van der Waals surface area contributed by atoms with Crippen molar-refractivity contribution in [3.05, 3.63) is 22.4 Å². The summed E-state index contributed by atoms with van der Waals surface area (Å²) in [5, 5.41) is 7.49. The lowest BCUT2D eigenvalue weighted by Crippen LogP contribution is -2.41. The number of fused-ring (bicyclic) bond motifs is 2. The highest BCUT2D eigenvalue weighted by Crippen LogP contribution is 2.33. The lowest BCUT2D eigenvalue weighted by Gasteiger charge is -2.30. The summed E-state index contributed by atoms with van der Waals surface area (Å²) in [5.41, 5.74) is 0.773. The van der Waals surface area contributed by atoms with Crippen LogP contribution in [0.2, 0.25) is 0 Å². The Morgan fingerprint density at radius 3 is 2.46 bits per heavy atom. The van der Waals surface area contributed by atoms with E-state index in [4.69, 9.17) is 0 Å². The molecule has 0 aliphatic carbocycles. The van der Waals surface area contributed by atoms with Crippen molar-refractivity contribution in [2.24, 2.45) is 5.92 Å². The molecule has 3 aliphatic rings. The molecule has 5 nitrogen and oxygen atoms in total. The van der Waals surface area contributed by atoms with Crippen molar-refractivity contribution in [3.63, 3.8) is 0 Å². The molecule has 3 saturated heterocycles. The van der Waals surface area contributed by atoms with E-state index in [1.165, 1.54) is 12.8 Å². The third kappa shape index (κ3) is 4.41. The zero-order valence-corrected chi connectivity index (χ0v) is 16.7. The first kappa shape index (κ1) is 19.6. The van der Waals surface area contributed by atoms with Gasteiger partial charge in [0.1, 0.15) is 0 Å². The minimum atomic E-state index is 0. The molecule has 4 heterocycles. The van der Waals surface area contributed by atoms with Crippen LogP contribution in [-0.4, -0.2) is 59.9 Å². The fraction of sp³-hybridized carbons (Fsp3) is 0.684. The number of halogens is 1. The molecule has 1 N–H and O–H groups in total. The number of piperidine rings is 1. The Kier molecular flexibility index (Phi) is 6.59. The number of hydrogen-bond donors (Lipinski definition) is 1. The highest BCUT2D eigenvalue weighted by atomic mass is 35.5. The second-order valence-electron chi connectivity index (χ2n) is 7.72. The molecule has 1 aromatic rings. The molecule has 4 rings (SSSR count). The van der Waals surface area contributed by atoms with Gasteiger partial charge in [-0.3, -0.25) is 9.59 Å². The van der Waals surface area contributed by atoms with Crippen LogP contribution >= 0.6 is 23.7 Å². The Balaban J connectivity index is 0.00000196. The van der Waals surface area contributed by atoms with Crippen LogP contribution in [-0.2, 0) is 4.79 Å². The van der Waals surface area contributed by atoms with Crippen LogP contribution < -0.4 is 5.32 Å². The molecule has 1 aromatic heterocycles. The SMILES string of the molecule is Cl.O=C(CC1CC2CCC(C1)N2)N1CCCN(C(=O)c2ccsc2)CC1. The summed E-state index contributed by atoms with van der Waals surface area (Å²) in [5.74, 6) is 0.930. The van der Waals surface area contributed by atoms with E-state index in [1.807, 2.05) is 26.6 Å². The topological polar surface area (TPSA) is 52.7 Å². The number of hydrogen-bond acceptors (Lipinski definition) is 4. The van der Waals surface area contributed by atoms with Crippen LogP contribution in [0.4, 0.5) is 0 Å². The van der Waals surface area contributed by atoms with Crippen molar-refractivity contribution in [3.8, 4) is 0 Å². The second-order valence-corrected chi connectivity index (χ2v) is 8.50. The Morgan fingerprint density at radius 2 is 1.77 bits per heavy atom. The van der Waals surface area contributed by atoms with Gasteiger partial charge in [-0.15, -0.1) is 12.4 Å². The standard InChI is InChI=1S/C19H27N3O2S.ClH/c23-18(12-14-10-16-2-3-17(11-14)20-16)21-5-1-6-22(8-7-21)19(24)15-4-9-25-13-15;/h4,9,13-14,16-17,20H,1-3,5-8,10-12H2;1H. The number of amides is 2. The predicted octanol–water partition coefficient (Wildman–Crippen LogP) is 2.77. The minimum Gasteiger partial charge on any atom is -0.341 e. The van der Waals surface area contributed by atoms with Crippen molar-refractivity contribution < 1.29 is 9.59 Å². The first-order chi connectivity index (χ1) is 12.2. The van der Waals surface area contributed by atoms with E-state index in [-0.39, 0.29) is 24.2 Å². The van der Waals surface area contributed by atoms with E-state index in [0.29, 0.717) is 37.5 Å². The van der Waals surface area contributed by atoms with Crippen LogP contribution in [0.5, 0.6) is 0 Å². The predicted molar refractivity (Wildman–Crippen MR) is 106 cm³/mol. The van der Waals surface area contributed by atoms with Gasteiger partial charge in [0, 0.05) is 50.1 Å². The van der Waals surface area contributed by atoms with Crippen molar-refractivity contribution >= 4 is 35.6 Å². The van der Waals surface area contributed by atoms with Crippen molar-refractivity contribution in [2.75, 3.05) is 26.2 Å². The first-order valence-electron chi connectivity index (χ1n) is 9.54. The summed E-state index contributed by atoms with van der Waals surface area (Å²) in [4.78, 5) is 29.2. The van der Waals surface area contributed by atoms with Gasteiger partial charge in [0.2, 0.25) is 5.91 Å². The molecule has 2 bridgehead atoms. The number of carbonyl (C=O) groups is 2. The number of carbonyl (C=O) groups excluding carboxylic acids is 2. The molecule has 0 saturated carbocycles. The van der Waals surface area contributed by atoms with Gasteiger partial charge in [0.25, 0.3) is 5.91 Å².